The number of likely N-dealkylation sites (N-methyl/N-ethyl adjacent to an activating group) is 1. The standard InChI is InChI=1S/C15H22N2.C4H4O4/c1-4-16(5-2)11-9-15-13(3)12-14-8-6-7-10-17(14)15;5-3(6)1-2-4(7)8/h6-8,10,12H,4-5,9,11H2,1-3H3;1-2H,(H,5,6)(H,7,8)/b;2-1-. The molecule has 2 aromatic heterocycles. The zero-order chi connectivity index (χ0) is 18.8. The average molecular weight is 346 g/mol. The highest BCUT2D eigenvalue weighted by Gasteiger charge is 2.09. The van der Waals surface area contributed by atoms with E-state index in [0.29, 0.717) is 12.2 Å². The third-order valence-electron chi connectivity index (χ3n) is 4.08. The molecule has 0 aromatic carbocycles. The van der Waals surface area contributed by atoms with Gasteiger partial charge in [0.1, 0.15) is 0 Å². The second-order valence-electron chi connectivity index (χ2n) is 5.72. The van der Waals surface area contributed by atoms with Gasteiger partial charge in [0, 0.05) is 29.9 Å². The van der Waals surface area contributed by atoms with Gasteiger partial charge in [-0.05, 0) is 50.6 Å². The van der Waals surface area contributed by atoms with Crippen LogP contribution in [0.1, 0.15) is 25.1 Å². The molecule has 136 valence electrons. The summed E-state index contributed by atoms with van der Waals surface area (Å²) in [5.41, 5.74) is 4.21. The first kappa shape index (κ1) is 20.4. The maximum absolute atomic E-state index is 9.53. The zero-order valence-corrected chi connectivity index (χ0v) is 15.0. The van der Waals surface area contributed by atoms with Gasteiger partial charge in [0.05, 0.1) is 25.6 Å². The van der Waals surface area contributed by atoms with Gasteiger partial charge in [-0.1, -0.05) is 6.07 Å². The van der Waals surface area contributed by atoms with Crippen LogP contribution in [0.5, 0.6) is 0 Å². The molecule has 2 rings (SSSR count). The van der Waals surface area contributed by atoms with Crippen molar-refractivity contribution in [2.75, 3.05) is 19.6 Å². The van der Waals surface area contributed by atoms with Gasteiger partial charge in [-0.3, -0.25) is 0 Å². The topological polar surface area (TPSA) is 86.3 Å². The normalized spacial score (nSPS) is 10.9. The lowest BCUT2D eigenvalue weighted by Gasteiger charge is -2.15. The minimum atomic E-state index is -1.51. The molecule has 0 atom stereocenters. The minimum absolute atomic E-state index is 0.447. The smallest absolute Gasteiger partial charge is 0.328 e. The van der Waals surface area contributed by atoms with Gasteiger partial charge in [-0.25, -0.2) is 4.79 Å². The summed E-state index contributed by atoms with van der Waals surface area (Å²) in [6, 6.07) is 8.68. The van der Waals surface area contributed by atoms with E-state index >= 15 is 0 Å². The fourth-order valence-corrected chi connectivity index (χ4v) is 2.67. The van der Waals surface area contributed by atoms with Crippen molar-refractivity contribution in [1.29, 1.82) is 0 Å². The van der Waals surface area contributed by atoms with Gasteiger partial charge in [0.25, 0.3) is 0 Å². The zero-order valence-electron chi connectivity index (χ0n) is 15.0. The van der Waals surface area contributed by atoms with E-state index in [0.717, 1.165) is 0 Å². The van der Waals surface area contributed by atoms with Crippen LogP contribution in [0.25, 0.3) is 5.52 Å². The third kappa shape index (κ3) is 6.81. The lowest BCUT2D eigenvalue weighted by Crippen LogP contribution is -3.11. The van der Waals surface area contributed by atoms with Gasteiger partial charge in [0.2, 0.25) is 0 Å². The van der Waals surface area contributed by atoms with Gasteiger partial charge in [-0.2, -0.15) is 0 Å². The van der Waals surface area contributed by atoms with Crippen molar-refractivity contribution in [2.45, 2.75) is 27.2 Å². The van der Waals surface area contributed by atoms with E-state index in [1.54, 1.807) is 4.90 Å². The molecule has 2 N–H and O–H groups in total. The fraction of sp³-hybridized carbons (Fsp3) is 0.368. The Labute approximate surface area is 148 Å². The summed E-state index contributed by atoms with van der Waals surface area (Å²) in [6.45, 7) is 10.4. The van der Waals surface area contributed by atoms with Crippen LogP contribution in [0.4, 0.5) is 0 Å². The lowest BCUT2D eigenvalue weighted by atomic mass is 10.2. The summed E-state index contributed by atoms with van der Waals surface area (Å²) >= 11 is 0. The van der Waals surface area contributed by atoms with Crippen LogP contribution in [0, 0.1) is 6.92 Å². The number of rotatable bonds is 7. The largest absolute Gasteiger partial charge is 0.545 e. The summed E-state index contributed by atoms with van der Waals surface area (Å²) in [5, 5.41) is 17.2. The number of pyridine rings is 1. The maximum Gasteiger partial charge on any atom is 0.328 e. The van der Waals surface area contributed by atoms with Crippen molar-refractivity contribution in [2.24, 2.45) is 0 Å². The molecule has 0 radical (unpaired) electrons. The molecule has 0 saturated heterocycles. The van der Waals surface area contributed by atoms with Gasteiger partial charge < -0.3 is 24.3 Å². The number of hydrogen-bond acceptors (Lipinski definition) is 3. The van der Waals surface area contributed by atoms with E-state index < -0.39 is 11.9 Å². The Kier molecular flexibility index (Phi) is 8.43. The summed E-state index contributed by atoms with van der Waals surface area (Å²) in [7, 11) is 0. The highest BCUT2D eigenvalue weighted by Crippen LogP contribution is 2.15. The average Bonchev–Trinajstić information content (AvgIpc) is 2.90. The highest BCUT2D eigenvalue weighted by atomic mass is 16.4. The number of fused-ring (bicyclic) bond motifs is 1. The van der Waals surface area contributed by atoms with Crippen LogP contribution in [0.15, 0.2) is 42.6 Å². The summed E-state index contributed by atoms with van der Waals surface area (Å²) in [6.07, 6.45) is 4.29. The number of nitrogens with one attached hydrogen (secondary N) is 1. The van der Waals surface area contributed by atoms with Crippen LogP contribution in [-0.4, -0.2) is 41.1 Å². The molecule has 0 spiro atoms. The number of nitrogens with zero attached hydrogens (tertiary/aromatic N) is 1. The number of hydrogen-bond donors (Lipinski definition) is 2. The number of carbonyl (C=O) groups is 2. The fourth-order valence-electron chi connectivity index (χ4n) is 2.67. The van der Waals surface area contributed by atoms with Crippen LogP contribution in [-0.2, 0) is 16.0 Å². The predicted octanol–water partition coefficient (Wildman–Crippen LogP) is 0.0920. The van der Waals surface area contributed by atoms with E-state index in [9.17, 15) is 14.7 Å². The van der Waals surface area contributed by atoms with Crippen LogP contribution >= 0.6 is 0 Å². The number of carboxylic acid groups (broad SMARTS) is 2. The summed E-state index contributed by atoms with van der Waals surface area (Å²) < 4.78 is 2.33. The molecular formula is C19H26N2O4. The molecule has 6 nitrogen and oxygen atoms in total. The van der Waals surface area contributed by atoms with Crippen LogP contribution < -0.4 is 10.0 Å². The number of carboxylic acids is 2. The van der Waals surface area contributed by atoms with Gasteiger partial charge in [-0.15, -0.1) is 0 Å². The molecule has 0 unspecified atom stereocenters. The number of aromatic nitrogens is 1. The van der Waals surface area contributed by atoms with Crippen molar-refractivity contribution in [3.8, 4) is 0 Å². The molecule has 0 saturated carbocycles. The second-order valence-corrected chi connectivity index (χ2v) is 5.72. The molecule has 0 fully saturated rings. The van der Waals surface area contributed by atoms with E-state index in [1.807, 2.05) is 0 Å². The van der Waals surface area contributed by atoms with Crippen molar-refractivity contribution in [3.05, 3.63) is 53.9 Å². The molecule has 0 aliphatic heterocycles. The first-order chi connectivity index (χ1) is 11.9. The van der Waals surface area contributed by atoms with Crippen LogP contribution in [0.2, 0.25) is 0 Å². The molecule has 25 heavy (non-hydrogen) atoms. The van der Waals surface area contributed by atoms with Gasteiger partial charge >= 0.3 is 5.97 Å². The highest BCUT2D eigenvalue weighted by molar-refractivity contribution is 5.88. The Hall–Kier alpha value is -2.60. The van der Waals surface area contributed by atoms with Crippen molar-refractivity contribution in [1.82, 2.24) is 4.40 Å². The Morgan fingerprint density at radius 2 is 1.92 bits per heavy atom. The lowest BCUT2D eigenvalue weighted by molar-refractivity contribution is -0.896. The molecular weight excluding hydrogens is 320 g/mol. The maximum atomic E-state index is 9.53. The molecule has 0 amide bonds. The van der Waals surface area contributed by atoms with Crippen molar-refractivity contribution < 1.29 is 24.7 Å². The predicted molar refractivity (Wildman–Crippen MR) is 94.5 cm³/mol. The number of quaternary nitrogens is 1. The Balaban J connectivity index is 0.000000333. The number of aryl methyl sites for hydroxylation is 1. The first-order valence-electron chi connectivity index (χ1n) is 8.40. The number of carbonyl (C=O) groups excluding carboxylic acids is 1. The summed E-state index contributed by atoms with van der Waals surface area (Å²) in [5.74, 6) is -2.80. The van der Waals surface area contributed by atoms with Crippen molar-refractivity contribution >= 4 is 17.5 Å². The first-order valence-corrected chi connectivity index (χ1v) is 8.40. The van der Waals surface area contributed by atoms with E-state index in [1.165, 1.54) is 42.8 Å². The molecule has 0 aliphatic carbocycles. The molecule has 2 aromatic rings. The molecule has 6 heteroatoms. The summed E-state index contributed by atoms with van der Waals surface area (Å²) in [4.78, 5) is 20.6. The Bertz CT molecular complexity index is 714. The Morgan fingerprint density at radius 1 is 1.24 bits per heavy atom. The molecule has 0 aliphatic rings. The second kappa shape index (κ2) is 10.3. The van der Waals surface area contributed by atoms with Gasteiger partial charge in [0.15, 0.2) is 0 Å². The SMILES string of the molecule is CC[NH+](CC)CCc1c(C)cc2ccccn12.O=C([O-])/C=C\C(=O)O. The van der Waals surface area contributed by atoms with Crippen molar-refractivity contribution in [3.63, 3.8) is 0 Å². The number of aliphatic carboxylic acids is 2. The Morgan fingerprint density at radius 3 is 2.44 bits per heavy atom. The van der Waals surface area contributed by atoms with Crippen LogP contribution in [0.3, 0.4) is 0 Å². The molecule has 2 heterocycles. The quantitative estimate of drug-likeness (QED) is 0.696. The third-order valence-corrected chi connectivity index (χ3v) is 4.08. The van der Waals surface area contributed by atoms with E-state index in [4.69, 9.17) is 5.11 Å². The molecule has 0 bridgehead atoms. The monoisotopic (exact) mass is 346 g/mol. The van der Waals surface area contributed by atoms with E-state index in [2.05, 4.69) is 55.6 Å². The van der Waals surface area contributed by atoms with E-state index in [-0.39, 0.29) is 0 Å². The minimum Gasteiger partial charge on any atom is -0.545 e.